The zero-order valence-corrected chi connectivity index (χ0v) is 15.9. The number of rotatable bonds is 5. The smallest absolute Gasteiger partial charge is 0.257 e. The van der Waals surface area contributed by atoms with Crippen LogP contribution in [0.5, 0.6) is 5.75 Å². The van der Waals surface area contributed by atoms with E-state index in [2.05, 4.69) is 15.5 Å². The molecular weight excluding hydrogens is 393 g/mol. The lowest BCUT2D eigenvalue weighted by molar-refractivity contribution is 0.102. The van der Waals surface area contributed by atoms with Crippen molar-refractivity contribution in [3.63, 3.8) is 0 Å². The summed E-state index contributed by atoms with van der Waals surface area (Å²) in [6, 6.07) is 12.3. The van der Waals surface area contributed by atoms with Gasteiger partial charge in [0, 0.05) is 5.56 Å². The number of methoxy groups -OCH3 is 1. The molecule has 0 fully saturated rings. The minimum absolute atomic E-state index is 0.319. The van der Waals surface area contributed by atoms with Crippen LogP contribution in [0.1, 0.15) is 20.9 Å². The second-order valence-corrected chi connectivity index (χ2v) is 6.96. The summed E-state index contributed by atoms with van der Waals surface area (Å²) in [5.41, 5.74) is 1.40. The van der Waals surface area contributed by atoms with E-state index in [1.165, 1.54) is 17.4 Å². The van der Waals surface area contributed by atoms with Crippen molar-refractivity contribution in [3.8, 4) is 5.75 Å². The minimum Gasteiger partial charge on any atom is -0.497 e. The number of amides is 1. The van der Waals surface area contributed by atoms with E-state index in [0.717, 1.165) is 11.3 Å². The van der Waals surface area contributed by atoms with E-state index in [1.54, 1.807) is 19.2 Å². The van der Waals surface area contributed by atoms with E-state index in [1.807, 2.05) is 36.4 Å². The molecule has 3 aromatic rings. The van der Waals surface area contributed by atoms with E-state index in [9.17, 15) is 4.79 Å². The monoisotopic (exact) mass is 405 g/mol. The Balaban J connectivity index is 1.66. The lowest BCUT2D eigenvalue weighted by Gasteiger charge is -2.02. The fourth-order valence-corrected chi connectivity index (χ4v) is 2.98. The van der Waals surface area contributed by atoms with Gasteiger partial charge in [0.2, 0.25) is 5.13 Å². The van der Waals surface area contributed by atoms with Gasteiger partial charge in [-0.2, -0.15) is 0 Å². The number of nitrogens with zero attached hydrogens (tertiary/aromatic N) is 2. The van der Waals surface area contributed by atoms with E-state index in [4.69, 9.17) is 27.9 Å². The third-order valence-corrected chi connectivity index (χ3v) is 4.92. The molecule has 1 aromatic heterocycles. The van der Waals surface area contributed by atoms with Crippen molar-refractivity contribution >= 4 is 57.7 Å². The average molecular weight is 406 g/mol. The van der Waals surface area contributed by atoms with Crippen LogP contribution < -0.4 is 10.1 Å². The second kappa shape index (κ2) is 8.31. The molecule has 0 aliphatic carbocycles. The quantitative estimate of drug-likeness (QED) is 0.627. The summed E-state index contributed by atoms with van der Waals surface area (Å²) < 4.78 is 5.12. The zero-order chi connectivity index (χ0) is 18.5. The molecule has 0 unspecified atom stereocenters. The molecule has 26 heavy (non-hydrogen) atoms. The van der Waals surface area contributed by atoms with Gasteiger partial charge in [-0.15, -0.1) is 10.2 Å². The highest BCUT2D eigenvalue weighted by molar-refractivity contribution is 7.16. The molecule has 0 bridgehead atoms. The van der Waals surface area contributed by atoms with Gasteiger partial charge >= 0.3 is 0 Å². The van der Waals surface area contributed by atoms with Crippen molar-refractivity contribution in [2.45, 2.75) is 0 Å². The van der Waals surface area contributed by atoms with Crippen molar-refractivity contribution in [3.05, 3.63) is 68.6 Å². The first kappa shape index (κ1) is 18.4. The molecule has 0 aliphatic heterocycles. The fraction of sp³-hybridized carbons (Fsp3) is 0.0556. The van der Waals surface area contributed by atoms with Crippen LogP contribution >= 0.6 is 34.5 Å². The van der Waals surface area contributed by atoms with E-state index in [-0.39, 0.29) is 5.91 Å². The molecule has 8 heteroatoms. The highest BCUT2D eigenvalue weighted by atomic mass is 35.5. The predicted octanol–water partition coefficient (Wildman–Crippen LogP) is 5.28. The number of aromatic nitrogens is 2. The van der Waals surface area contributed by atoms with Crippen molar-refractivity contribution < 1.29 is 9.53 Å². The second-order valence-electron chi connectivity index (χ2n) is 5.13. The van der Waals surface area contributed by atoms with E-state index < -0.39 is 0 Å². The van der Waals surface area contributed by atoms with Crippen molar-refractivity contribution in [1.82, 2.24) is 10.2 Å². The van der Waals surface area contributed by atoms with Crippen LogP contribution in [0.4, 0.5) is 5.13 Å². The van der Waals surface area contributed by atoms with Gasteiger partial charge in [-0.25, -0.2) is 0 Å². The van der Waals surface area contributed by atoms with Gasteiger partial charge in [-0.3, -0.25) is 10.1 Å². The molecule has 1 heterocycles. The fourth-order valence-electron chi connectivity index (χ4n) is 2.04. The van der Waals surface area contributed by atoms with Crippen LogP contribution in [0.25, 0.3) is 12.2 Å². The number of benzene rings is 2. The van der Waals surface area contributed by atoms with Gasteiger partial charge < -0.3 is 4.74 Å². The van der Waals surface area contributed by atoms with Crippen LogP contribution in [0.15, 0.2) is 42.5 Å². The van der Waals surface area contributed by atoms with Gasteiger partial charge in [0.15, 0.2) is 0 Å². The Morgan fingerprint density at radius 1 is 1.08 bits per heavy atom. The summed E-state index contributed by atoms with van der Waals surface area (Å²) >= 11 is 13.0. The number of carbonyl (C=O) groups is 1. The first-order chi connectivity index (χ1) is 12.5. The maximum Gasteiger partial charge on any atom is 0.257 e. The lowest BCUT2D eigenvalue weighted by Crippen LogP contribution is -2.11. The SMILES string of the molecule is COc1ccc(C=Cc2nnc(NC(=O)c3ccc(Cl)c(Cl)c3)s2)cc1. The van der Waals surface area contributed by atoms with Crippen LogP contribution in [0, 0.1) is 0 Å². The zero-order valence-electron chi connectivity index (χ0n) is 13.6. The predicted molar refractivity (Wildman–Crippen MR) is 106 cm³/mol. The molecule has 1 amide bonds. The number of hydrogen-bond donors (Lipinski definition) is 1. The molecular formula is C18H13Cl2N3O2S. The van der Waals surface area contributed by atoms with Gasteiger partial charge in [-0.1, -0.05) is 52.7 Å². The van der Waals surface area contributed by atoms with Crippen LogP contribution in [-0.4, -0.2) is 23.2 Å². The Morgan fingerprint density at radius 2 is 1.85 bits per heavy atom. The maximum absolute atomic E-state index is 12.2. The van der Waals surface area contributed by atoms with Gasteiger partial charge in [0.25, 0.3) is 5.91 Å². The van der Waals surface area contributed by atoms with Crippen LogP contribution in [0.2, 0.25) is 10.0 Å². The van der Waals surface area contributed by atoms with Gasteiger partial charge in [0.1, 0.15) is 10.8 Å². The standard InChI is InChI=1S/C18H13Cl2N3O2S/c1-25-13-6-2-11(3-7-13)4-9-16-22-23-18(26-16)21-17(24)12-5-8-14(19)15(20)10-12/h2-10H,1H3,(H,21,23,24). The maximum atomic E-state index is 12.2. The number of carbonyl (C=O) groups excluding carboxylic acids is 1. The third-order valence-electron chi connectivity index (χ3n) is 3.38. The Labute approximate surface area is 164 Å². The van der Waals surface area contributed by atoms with Gasteiger partial charge in [0.05, 0.1) is 17.2 Å². The Morgan fingerprint density at radius 3 is 2.54 bits per heavy atom. The summed E-state index contributed by atoms with van der Waals surface area (Å²) in [6.45, 7) is 0. The number of hydrogen-bond acceptors (Lipinski definition) is 5. The van der Waals surface area contributed by atoms with Crippen molar-refractivity contribution in [1.29, 1.82) is 0 Å². The Hall–Kier alpha value is -2.41. The largest absolute Gasteiger partial charge is 0.497 e. The number of halogens is 2. The number of anilines is 1. The molecule has 2 aromatic carbocycles. The third kappa shape index (κ3) is 4.60. The van der Waals surface area contributed by atoms with E-state index in [0.29, 0.717) is 25.7 Å². The van der Waals surface area contributed by atoms with Crippen molar-refractivity contribution in [2.24, 2.45) is 0 Å². The number of ether oxygens (including phenoxy) is 1. The number of nitrogens with one attached hydrogen (secondary N) is 1. The average Bonchev–Trinajstić information content (AvgIpc) is 3.10. The normalized spacial score (nSPS) is 10.9. The molecule has 0 aliphatic rings. The Bertz CT molecular complexity index is 955. The first-order valence-corrected chi connectivity index (χ1v) is 9.04. The molecule has 1 N–H and O–H groups in total. The highest BCUT2D eigenvalue weighted by Gasteiger charge is 2.11. The van der Waals surface area contributed by atoms with Crippen LogP contribution in [-0.2, 0) is 0 Å². The molecule has 132 valence electrons. The molecule has 0 saturated carbocycles. The molecule has 0 atom stereocenters. The van der Waals surface area contributed by atoms with Crippen LogP contribution in [0.3, 0.4) is 0 Å². The first-order valence-electron chi connectivity index (χ1n) is 7.47. The van der Waals surface area contributed by atoms with E-state index >= 15 is 0 Å². The molecule has 0 saturated heterocycles. The van der Waals surface area contributed by atoms with Gasteiger partial charge in [-0.05, 0) is 42.0 Å². The highest BCUT2D eigenvalue weighted by Crippen LogP contribution is 2.24. The minimum atomic E-state index is -0.328. The summed E-state index contributed by atoms with van der Waals surface area (Å²) in [5.74, 6) is 0.468. The Kier molecular flexibility index (Phi) is 5.88. The lowest BCUT2D eigenvalue weighted by atomic mass is 10.2. The topological polar surface area (TPSA) is 64.1 Å². The summed E-state index contributed by atoms with van der Waals surface area (Å²) in [6.07, 6.45) is 3.73. The van der Waals surface area contributed by atoms with Crippen molar-refractivity contribution in [2.75, 3.05) is 12.4 Å². The summed E-state index contributed by atoms with van der Waals surface area (Å²) in [5, 5.41) is 12.5. The summed E-state index contributed by atoms with van der Waals surface area (Å²) in [4.78, 5) is 12.2. The molecule has 0 radical (unpaired) electrons. The molecule has 5 nitrogen and oxygen atoms in total. The molecule has 3 rings (SSSR count). The summed E-state index contributed by atoms with van der Waals surface area (Å²) in [7, 11) is 1.62. The molecule has 0 spiro atoms.